The number of nitrogens with zero attached hydrogens (tertiary/aromatic N) is 2. The van der Waals surface area contributed by atoms with Crippen molar-refractivity contribution < 1.29 is 14.3 Å². The Morgan fingerprint density at radius 1 is 1.26 bits per heavy atom. The number of benzene rings is 1. The highest BCUT2D eigenvalue weighted by Gasteiger charge is 2.23. The zero-order valence-corrected chi connectivity index (χ0v) is 14.2. The third kappa shape index (κ3) is 3.89. The smallest absolute Gasteiger partial charge is 0.266 e. The highest BCUT2D eigenvalue weighted by molar-refractivity contribution is 7.13. The zero-order valence-electron chi connectivity index (χ0n) is 13.4. The summed E-state index contributed by atoms with van der Waals surface area (Å²) in [5, 5.41) is 0.819. The van der Waals surface area contributed by atoms with E-state index in [1.165, 1.54) is 16.9 Å². The molecule has 1 amide bonds. The molecule has 0 N–H and O–H groups in total. The monoisotopic (exact) mass is 332 g/mol. The first-order chi connectivity index (χ1) is 11.1. The van der Waals surface area contributed by atoms with E-state index >= 15 is 0 Å². The number of amides is 1. The average molecular weight is 332 g/mol. The number of rotatable bonds is 4. The second-order valence-corrected chi connectivity index (χ2v) is 6.61. The first kappa shape index (κ1) is 16.0. The van der Waals surface area contributed by atoms with Crippen molar-refractivity contribution in [1.29, 1.82) is 0 Å². The van der Waals surface area contributed by atoms with Crippen LogP contribution in [0.25, 0.3) is 0 Å². The van der Waals surface area contributed by atoms with Gasteiger partial charge in [-0.1, -0.05) is 17.7 Å². The molecular formula is C17H20N2O3S. The van der Waals surface area contributed by atoms with Gasteiger partial charge in [0.15, 0.2) is 0 Å². The van der Waals surface area contributed by atoms with Crippen LogP contribution in [0.1, 0.15) is 25.9 Å². The molecule has 0 spiro atoms. The molecule has 0 saturated carbocycles. The topological polar surface area (TPSA) is 51.7 Å². The molecule has 1 aliphatic rings. The predicted octanol–water partition coefficient (Wildman–Crippen LogP) is 2.81. The lowest BCUT2D eigenvalue weighted by Gasteiger charge is -2.26. The van der Waals surface area contributed by atoms with Crippen LogP contribution < -0.4 is 4.74 Å². The Morgan fingerprint density at radius 2 is 1.96 bits per heavy atom. The van der Waals surface area contributed by atoms with Crippen LogP contribution in [0.3, 0.4) is 0 Å². The normalized spacial score (nSPS) is 14.8. The average Bonchev–Trinajstić information content (AvgIpc) is 2.95. The second kappa shape index (κ2) is 7.10. The van der Waals surface area contributed by atoms with Gasteiger partial charge in [0, 0.05) is 13.1 Å². The SMILES string of the molecule is Cc1ccc(OCc2nc(C)c(C(=O)N3CCOCC3)s2)cc1. The third-order valence-electron chi connectivity index (χ3n) is 3.72. The Morgan fingerprint density at radius 3 is 2.65 bits per heavy atom. The fraction of sp³-hybridized carbons (Fsp3) is 0.412. The lowest BCUT2D eigenvalue weighted by Crippen LogP contribution is -2.40. The number of morpholine rings is 1. The molecule has 0 bridgehead atoms. The molecule has 0 radical (unpaired) electrons. The van der Waals surface area contributed by atoms with E-state index in [1.54, 1.807) is 0 Å². The van der Waals surface area contributed by atoms with E-state index in [-0.39, 0.29) is 5.91 Å². The molecule has 2 heterocycles. The van der Waals surface area contributed by atoms with Crippen molar-refractivity contribution in [3.63, 3.8) is 0 Å². The minimum atomic E-state index is 0.0462. The van der Waals surface area contributed by atoms with Crippen molar-refractivity contribution in [2.45, 2.75) is 20.5 Å². The maximum Gasteiger partial charge on any atom is 0.266 e. The molecule has 2 aromatic rings. The molecule has 1 aromatic heterocycles. The van der Waals surface area contributed by atoms with Gasteiger partial charge in [-0.3, -0.25) is 4.79 Å². The minimum Gasteiger partial charge on any atom is -0.486 e. The van der Waals surface area contributed by atoms with Gasteiger partial charge in [0.1, 0.15) is 22.2 Å². The summed E-state index contributed by atoms with van der Waals surface area (Å²) in [7, 11) is 0. The maximum atomic E-state index is 12.5. The van der Waals surface area contributed by atoms with Gasteiger partial charge in [-0.05, 0) is 26.0 Å². The largest absolute Gasteiger partial charge is 0.486 e. The molecule has 1 aromatic carbocycles. The standard InChI is InChI=1S/C17H20N2O3S/c1-12-3-5-14(6-4-12)22-11-15-18-13(2)16(23-15)17(20)19-7-9-21-10-8-19/h3-6H,7-11H2,1-2H3. The Bertz CT molecular complexity index is 676. The first-order valence-electron chi connectivity index (χ1n) is 7.66. The van der Waals surface area contributed by atoms with Crippen LogP contribution in [0.2, 0.25) is 0 Å². The highest BCUT2D eigenvalue weighted by Crippen LogP contribution is 2.22. The fourth-order valence-electron chi connectivity index (χ4n) is 2.40. The number of carbonyl (C=O) groups is 1. The Labute approximate surface area is 139 Å². The lowest BCUT2D eigenvalue weighted by molar-refractivity contribution is 0.0305. The summed E-state index contributed by atoms with van der Waals surface area (Å²) >= 11 is 1.42. The minimum absolute atomic E-state index is 0.0462. The second-order valence-electron chi connectivity index (χ2n) is 5.53. The summed E-state index contributed by atoms with van der Waals surface area (Å²) in [4.78, 5) is 19.6. The number of hydrogen-bond acceptors (Lipinski definition) is 5. The molecule has 23 heavy (non-hydrogen) atoms. The molecule has 1 aliphatic heterocycles. The van der Waals surface area contributed by atoms with Gasteiger partial charge in [0.05, 0.1) is 18.9 Å². The molecule has 1 fully saturated rings. The Kier molecular flexibility index (Phi) is 4.93. The summed E-state index contributed by atoms with van der Waals surface area (Å²) in [6, 6.07) is 7.90. The summed E-state index contributed by atoms with van der Waals surface area (Å²) in [6.45, 7) is 6.79. The van der Waals surface area contributed by atoms with Crippen LogP contribution in [0.4, 0.5) is 0 Å². The molecule has 5 nitrogen and oxygen atoms in total. The summed E-state index contributed by atoms with van der Waals surface area (Å²) in [5.41, 5.74) is 1.97. The van der Waals surface area contributed by atoms with Gasteiger partial charge < -0.3 is 14.4 Å². The molecule has 3 rings (SSSR count). The quantitative estimate of drug-likeness (QED) is 0.864. The van der Waals surface area contributed by atoms with Crippen LogP contribution in [-0.2, 0) is 11.3 Å². The van der Waals surface area contributed by atoms with Crippen LogP contribution >= 0.6 is 11.3 Å². The van der Waals surface area contributed by atoms with E-state index in [2.05, 4.69) is 4.98 Å². The number of ether oxygens (including phenoxy) is 2. The fourth-order valence-corrected chi connectivity index (χ4v) is 3.35. The molecule has 1 saturated heterocycles. The molecular weight excluding hydrogens is 312 g/mol. The summed E-state index contributed by atoms with van der Waals surface area (Å²) in [5.74, 6) is 0.856. The van der Waals surface area contributed by atoms with Gasteiger partial charge in [-0.25, -0.2) is 4.98 Å². The zero-order chi connectivity index (χ0) is 16.2. The van der Waals surface area contributed by atoms with E-state index in [0.717, 1.165) is 16.5 Å². The van der Waals surface area contributed by atoms with Crippen LogP contribution in [0.15, 0.2) is 24.3 Å². The van der Waals surface area contributed by atoms with Crippen molar-refractivity contribution in [3.05, 3.63) is 45.4 Å². The first-order valence-corrected chi connectivity index (χ1v) is 8.48. The van der Waals surface area contributed by atoms with Crippen molar-refractivity contribution in [1.82, 2.24) is 9.88 Å². The predicted molar refractivity (Wildman–Crippen MR) is 89.1 cm³/mol. The number of aromatic nitrogens is 1. The van der Waals surface area contributed by atoms with E-state index in [0.29, 0.717) is 37.8 Å². The van der Waals surface area contributed by atoms with Gasteiger partial charge in [0.25, 0.3) is 5.91 Å². The van der Waals surface area contributed by atoms with Gasteiger partial charge >= 0.3 is 0 Å². The van der Waals surface area contributed by atoms with E-state index in [4.69, 9.17) is 9.47 Å². The van der Waals surface area contributed by atoms with Crippen molar-refractivity contribution in [3.8, 4) is 5.75 Å². The number of thiazole rings is 1. The van der Waals surface area contributed by atoms with Crippen molar-refractivity contribution in [2.75, 3.05) is 26.3 Å². The van der Waals surface area contributed by atoms with Gasteiger partial charge in [-0.15, -0.1) is 11.3 Å². The number of carbonyl (C=O) groups excluding carboxylic acids is 1. The van der Waals surface area contributed by atoms with Crippen LogP contribution in [-0.4, -0.2) is 42.1 Å². The molecule has 0 atom stereocenters. The van der Waals surface area contributed by atoms with Gasteiger partial charge in [-0.2, -0.15) is 0 Å². The Balaban J connectivity index is 1.65. The molecule has 122 valence electrons. The number of aryl methyl sites for hydroxylation is 2. The summed E-state index contributed by atoms with van der Waals surface area (Å²) < 4.78 is 11.0. The van der Waals surface area contributed by atoms with Crippen molar-refractivity contribution >= 4 is 17.2 Å². The number of hydrogen-bond donors (Lipinski definition) is 0. The molecule has 6 heteroatoms. The molecule has 0 aliphatic carbocycles. The Hall–Kier alpha value is -1.92. The van der Waals surface area contributed by atoms with Gasteiger partial charge in [0.2, 0.25) is 0 Å². The van der Waals surface area contributed by atoms with E-state index in [1.807, 2.05) is 43.0 Å². The molecule has 0 unspecified atom stereocenters. The van der Waals surface area contributed by atoms with Crippen LogP contribution in [0, 0.1) is 13.8 Å². The summed E-state index contributed by atoms with van der Waals surface area (Å²) in [6.07, 6.45) is 0. The van der Waals surface area contributed by atoms with Crippen molar-refractivity contribution in [2.24, 2.45) is 0 Å². The highest BCUT2D eigenvalue weighted by atomic mass is 32.1. The van der Waals surface area contributed by atoms with E-state index in [9.17, 15) is 4.79 Å². The lowest BCUT2D eigenvalue weighted by atomic mass is 10.2. The van der Waals surface area contributed by atoms with Crippen LogP contribution in [0.5, 0.6) is 5.75 Å². The van der Waals surface area contributed by atoms with E-state index < -0.39 is 0 Å². The third-order valence-corrected chi connectivity index (χ3v) is 4.84. The maximum absolute atomic E-state index is 12.5.